The maximum absolute atomic E-state index is 12.1. The second-order valence-electron chi connectivity index (χ2n) is 4.12. The summed E-state index contributed by atoms with van der Waals surface area (Å²) in [6.45, 7) is 0. The minimum Gasteiger partial charge on any atom is -0.495 e. The number of hydrogen-bond donors (Lipinski definition) is 2. The number of benzene rings is 2. The summed E-state index contributed by atoms with van der Waals surface area (Å²) in [5, 5.41) is 8.09. The number of hydrogen-bond acceptors (Lipinski definition) is 3. The van der Waals surface area contributed by atoms with E-state index in [2.05, 4.69) is 21.2 Å². The van der Waals surface area contributed by atoms with Gasteiger partial charge in [-0.3, -0.25) is 4.79 Å². The zero-order valence-electron chi connectivity index (χ0n) is 11.1. The van der Waals surface area contributed by atoms with Crippen LogP contribution in [0.2, 0.25) is 0 Å². The highest BCUT2D eigenvalue weighted by molar-refractivity contribution is 9.10. The van der Waals surface area contributed by atoms with Crippen LogP contribution in [0.25, 0.3) is 0 Å². The van der Waals surface area contributed by atoms with Gasteiger partial charge in [-0.05, 0) is 36.4 Å². The van der Waals surface area contributed by atoms with Crippen molar-refractivity contribution in [3.63, 3.8) is 0 Å². The summed E-state index contributed by atoms with van der Waals surface area (Å²) in [5.74, 6) is 0.121. The van der Waals surface area contributed by atoms with Crippen LogP contribution in [0, 0.1) is 0 Å². The van der Waals surface area contributed by atoms with Gasteiger partial charge in [-0.15, -0.1) is 0 Å². The molecule has 21 heavy (non-hydrogen) atoms. The summed E-state index contributed by atoms with van der Waals surface area (Å²) in [6, 6.07) is 11.8. The predicted octanol–water partition coefficient (Wildman–Crippen LogP) is 2.69. The molecule has 0 aromatic heterocycles. The minimum absolute atomic E-state index is 0.244. The summed E-state index contributed by atoms with van der Waals surface area (Å²) in [6.07, 6.45) is 0. The number of rotatable bonds is 4. The second kappa shape index (κ2) is 6.84. The molecule has 0 saturated carbocycles. The molecule has 0 spiro atoms. The van der Waals surface area contributed by atoms with E-state index in [4.69, 9.17) is 9.88 Å². The maximum Gasteiger partial charge on any atom is 0.255 e. The summed E-state index contributed by atoms with van der Waals surface area (Å²) >= 11 is 3.31. The van der Waals surface area contributed by atoms with Gasteiger partial charge in [0, 0.05) is 21.8 Å². The van der Waals surface area contributed by atoms with Crippen molar-refractivity contribution in [3.8, 4) is 5.75 Å². The molecule has 0 radical (unpaired) electrons. The van der Waals surface area contributed by atoms with Crippen LogP contribution in [0.1, 0.15) is 10.4 Å². The number of nitrogens with one attached hydrogen (secondary N) is 1. The molecule has 0 aliphatic heterocycles. The third kappa shape index (κ3) is 3.90. The highest BCUT2D eigenvalue weighted by Crippen LogP contribution is 2.25. The Morgan fingerprint density at radius 2 is 1.90 bits per heavy atom. The zero-order chi connectivity index (χ0) is 15.4. The van der Waals surface area contributed by atoms with Gasteiger partial charge in [-0.1, -0.05) is 15.9 Å². The zero-order valence-corrected chi connectivity index (χ0v) is 13.5. The van der Waals surface area contributed by atoms with Gasteiger partial charge in [0.25, 0.3) is 5.91 Å². The number of nitrogens with two attached hydrogens (primary N) is 1. The highest BCUT2D eigenvalue weighted by atomic mass is 79.9. The molecule has 0 aliphatic carbocycles. The number of halogens is 1. The maximum atomic E-state index is 12.1. The Labute approximate surface area is 133 Å². The van der Waals surface area contributed by atoms with Crippen LogP contribution >= 0.6 is 15.9 Å². The summed E-state index contributed by atoms with van der Waals surface area (Å²) < 4.78 is 17.3. The first-order valence-corrected chi connectivity index (χ1v) is 7.93. The molecule has 3 N–H and O–H groups in total. The molecule has 110 valence electrons. The second-order valence-corrected chi connectivity index (χ2v) is 6.07. The SMILES string of the molecule is COc1cc(NC(=O)c2ccc(Br)cc2)ccc1S(N)=O. The van der Waals surface area contributed by atoms with Crippen LogP contribution in [0.3, 0.4) is 0 Å². The Hall–Kier alpha value is -1.70. The first-order valence-electron chi connectivity index (χ1n) is 5.92. The van der Waals surface area contributed by atoms with Crippen LogP contribution in [-0.4, -0.2) is 17.2 Å². The molecular formula is C14H13BrN2O3S. The van der Waals surface area contributed by atoms with Crippen LogP contribution in [-0.2, 0) is 11.0 Å². The van der Waals surface area contributed by atoms with Crippen molar-refractivity contribution in [2.75, 3.05) is 12.4 Å². The molecule has 2 rings (SSSR count). The van der Waals surface area contributed by atoms with Crippen molar-refractivity contribution in [1.82, 2.24) is 0 Å². The average molecular weight is 369 g/mol. The lowest BCUT2D eigenvalue weighted by Gasteiger charge is -2.10. The largest absolute Gasteiger partial charge is 0.495 e. The number of carbonyl (C=O) groups is 1. The van der Waals surface area contributed by atoms with Crippen LogP contribution < -0.4 is 15.2 Å². The Morgan fingerprint density at radius 3 is 2.48 bits per heavy atom. The van der Waals surface area contributed by atoms with E-state index in [9.17, 15) is 9.00 Å². The van der Waals surface area contributed by atoms with Gasteiger partial charge in [0.05, 0.1) is 12.0 Å². The lowest BCUT2D eigenvalue weighted by atomic mass is 10.2. The third-order valence-corrected chi connectivity index (χ3v) is 4.04. The molecule has 2 aromatic carbocycles. The van der Waals surface area contributed by atoms with Crippen LogP contribution in [0.15, 0.2) is 51.8 Å². The van der Waals surface area contributed by atoms with E-state index in [1.54, 1.807) is 42.5 Å². The Morgan fingerprint density at radius 1 is 1.24 bits per heavy atom. The molecular weight excluding hydrogens is 356 g/mol. The van der Waals surface area contributed by atoms with Crippen molar-refractivity contribution in [2.24, 2.45) is 5.14 Å². The summed E-state index contributed by atoms with van der Waals surface area (Å²) in [5.41, 5.74) is 1.07. The van der Waals surface area contributed by atoms with E-state index in [-0.39, 0.29) is 5.91 Å². The molecule has 0 fully saturated rings. The highest BCUT2D eigenvalue weighted by Gasteiger charge is 2.11. The van der Waals surface area contributed by atoms with Gasteiger partial charge >= 0.3 is 0 Å². The van der Waals surface area contributed by atoms with Crippen molar-refractivity contribution in [3.05, 3.63) is 52.5 Å². The lowest BCUT2D eigenvalue weighted by molar-refractivity contribution is 0.102. The predicted molar refractivity (Wildman–Crippen MR) is 85.7 cm³/mol. The Kier molecular flexibility index (Phi) is 5.11. The summed E-state index contributed by atoms with van der Waals surface area (Å²) in [4.78, 5) is 12.5. The fraction of sp³-hybridized carbons (Fsp3) is 0.0714. The van der Waals surface area contributed by atoms with Gasteiger partial charge in [-0.2, -0.15) is 0 Å². The monoisotopic (exact) mass is 368 g/mol. The van der Waals surface area contributed by atoms with Crippen molar-refractivity contribution < 1.29 is 13.7 Å². The number of ether oxygens (including phenoxy) is 1. The minimum atomic E-state index is -1.64. The first-order chi connectivity index (χ1) is 10.0. The van der Waals surface area contributed by atoms with E-state index in [1.807, 2.05) is 0 Å². The topological polar surface area (TPSA) is 81.4 Å². The molecule has 0 bridgehead atoms. The van der Waals surface area contributed by atoms with E-state index >= 15 is 0 Å². The quantitative estimate of drug-likeness (QED) is 0.870. The van der Waals surface area contributed by atoms with Gasteiger partial charge in [-0.25, -0.2) is 9.35 Å². The Balaban J connectivity index is 2.21. The molecule has 0 aliphatic rings. The number of anilines is 1. The number of amides is 1. The molecule has 1 amide bonds. The molecule has 7 heteroatoms. The van der Waals surface area contributed by atoms with Crippen LogP contribution in [0.4, 0.5) is 5.69 Å². The van der Waals surface area contributed by atoms with Crippen molar-refractivity contribution in [2.45, 2.75) is 4.90 Å². The standard InChI is InChI=1S/C14H13BrN2O3S/c1-20-12-8-11(6-7-13(12)21(16)19)17-14(18)9-2-4-10(15)5-3-9/h2-8H,16H2,1H3,(H,17,18). The van der Waals surface area contributed by atoms with Gasteiger partial charge in [0.15, 0.2) is 0 Å². The van der Waals surface area contributed by atoms with Crippen molar-refractivity contribution >= 4 is 38.5 Å². The number of carbonyl (C=O) groups excluding carboxylic acids is 1. The van der Waals surface area contributed by atoms with E-state index < -0.39 is 11.0 Å². The fourth-order valence-electron chi connectivity index (χ4n) is 1.72. The van der Waals surface area contributed by atoms with Gasteiger partial charge < -0.3 is 10.1 Å². The molecule has 1 unspecified atom stereocenters. The normalized spacial score (nSPS) is 11.8. The first kappa shape index (κ1) is 15.7. The Bertz CT molecular complexity index is 689. The molecule has 0 saturated heterocycles. The lowest BCUT2D eigenvalue weighted by Crippen LogP contribution is -2.12. The fourth-order valence-corrected chi connectivity index (χ4v) is 2.52. The van der Waals surface area contributed by atoms with Gasteiger partial charge in [0.2, 0.25) is 0 Å². The van der Waals surface area contributed by atoms with E-state index in [0.717, 1.165) is 4.47 Å². The van der Waals surface area contributed by atoms with Gasteiger partial charge in [0.1, 0.15) is 16.7 Å². The molecule has 0 heterocycles. The smallest absolute Gasteiger partial charge is 0.255 e. The molecule has 5 nitrogen and oxygen atoms in total. The average Bonchev–Trinajstić information content (AvgIpc) is 2.47. The number of methoxy groups -OCH3 is 1. The van der Waals surface area contributed by atoms with Crippen LogP contribution in [0.5, 0.6) is 5.75 Å². The third-order valence-electron chi connectivity index (χ3n) is 2.74. The molecule has 2 aromatic rings. The van der Waals surface area contributed by atoms with Crippen molar-refractivity contribution in [1.29, 1.82) is 0 Å². The summed E-state index contributed by atoms with van der Waals surface area (Å²) in [7, 11) is -0.192. The van der Waals surface area contributed by atoms with E-state index in [0.29, 0.717) is 21.9 Å². The molecule has 1 atom stereocenters. The van der Waals surface area contributed by atoms with E-state index in [1.165, 1.54) is 7.11 Å².